The molecule has 2 saturated carbocycles. The van der Waals surface area contributed by atoms with Crippen LogP contribution in [0.25, 0.3) is 0 Å². The molecule has 3 aliphatic carbocycles. The van der Waals surface area contributed by atoms with E-state index in [4.69, 9.17) is 56.8 Å². The SMILES string of the molecule is C=CC(=O)OCOc1ccc(OC(=O)C2CCC(C(=O)Oc3ccc(OC(=O)C4CCC(C(=O)Oc5ccc(OCOC(=O)C=C)c(OCOC(=O)C=C)c5)CC4)c4c3SC(=C3C(=O)c5ccccc5C3=O)S4)CC2)cc1OCOC(=O)C=C. The van der Waals surface area contributed by atoms with Crippen LogP contribution < -0.4 is 37.9 Å². The number of fused-ring (bicyclic) bond motifs is 2. The van der Waals surface area contributed by atoms with Gasteiger partial charge in [0.15, 0.2) is 34.6 Å². The van der Waals surface area contributed by atoms with Crippen LogP contribution in [0.3, 0.4) is 0 Å². The van der Waals surface area contributed by atoms with Crippen LogP contribution in [0.1, 0.15) is 72.1 Å². The predicted molar refractivity (Wildman–Crippen MR) is 294 cm³/mol. The van der Waals surface area contributed by atoms with Gasteiger partial charge in [-0.15, -0.1) is 0 Å². The summed E-state index contributed by atoms with van der Waals surface area (Å²) in [5.74, 6) is -8.43. The predicted octanol–water partition coefficient (Wildman–Crippen LogP) is 9.07. The molecule has 0 radical (unpaired) electrons. The summed E-state index contributed by atoms with van der Waals surface area (Å²) < 4.78 is 65.2. The molecule has 4 aromatic carbocycles. The molecule has 24 heteroatoms. The third kappa shape index (κ3) is 15.2. The van der Waals surface area contributed by atoms with Crippen LogP contribution in [-0.2, 0) is 57.3 Å². The van der Waals surface area contributed by atoms with Gasteiger partial charge in [0, 0.05) is 47.6 Å². The van der Waals surface area contributed by atoms with Crippen LogP contribution in [0, 0.1) is 23.7 Å². The van der Waals surface area contributed by atoms with Crippen molar-refractivity contribution < 1.29 is 105 Å². The molecule has 0 amide bonds. The van der Waals surface area contributed by atoms with Gasteiger partial charge in [-0.2, -0.15) is 0 Å². The summed E-state index contributed by atoms with van der Waals surface area (Å²) in [6.07, 6.45) is 5.81. The Kier molecular flexibility index (Phi) is 20.6. The van der Waals surface area contributed by atoms with Crippen molar-refractivity contribution in [1.29, 1.82) is 0 Å². The Bertz CT molecular complexity index is 3150. The minimum absolute atomic E-state index is 0.0127. The molecule has 1 heterocycles. The highest BCUT2D eigenvalue weighted by molar-refractivity contribution is 8.25. The fraction of sp³-hybridized carbons (Fsp3) is 0.267. The zero-order chi connectivity index (χ0) is 59.9. The number of carbonyl (C=O) groups is 10. The van der Waals surface area contributed by atoms with Crippen LogP contribution >= 0.6 is 23.5 Å². The fourth-order valence-electron chi connectivity index (χ4n) is 8.95. The molecule has 0 aromatic heterocycles. The quantitative estimate of drug-likeness (QED) is 0.0158. The number of benzene rings is 4. The number of ketones is 2. The van der Waals surface area contributed by atoms with Gasteiger partial charge in [-0.1, -0.05) is 74.1 Å². The third-order valence-corrected chi connectivity index (χ3v) is 15.9. The summed E-state index contributed by atoms with van der Waals surface area (Å²) in [5.41, 5.74) is 0.409. The number of carbonyl (C=O) groups excluding carboxylic acids is 10. The Morgan fingerprint density at radius 1 is 0.405 bits per heavy atom. The van der Waals surface area contributed by atoms with Crippen molar-refractivity contribution >= 4 is 82.8 Å². The number of Topliss-reactive ketones (excluding diaryl/α,β-unsaturated/α-hetero) is 2. The normalized spacial score (nSPS) is 17.6. The lowest BCUT2D eigenvalue weighted by atomic mass is 9.82. The van der Waals surface area contributed by atoms with Crippen LogP contribution in [0.5, 0.6) is 46.0 Å². The van der Waals surface area contributed by atoms with E-state index in [0.717, 1.165) is 47.8 Å². The largest absolute Gasteiger partial charge is 0.453 e. The maximum atomic E-state index is 13.9. The van der Waals surface area contributed by atoms with Gasteiger partial charge < -0.3 is 56.8 Å². The minimum atomic E-state index is -0.760. The second kappa shape index (κ2) is 28.5. The van der Waals surface area contributed by atoms with Crippen molar-refractivity contribution in [2.24, 2.45) is 23.7 Å². The Morgan fingerprint density at radius 2 is 0.702 bits per heavy atom. The Hall–Kier alpha value is -9.42. The average Bonchev–Trinajstić information content (AvgIpc) is 3.88. The van der Waals surface area contributed by atoms with Gasteiger partial charge in [-0.25, -0.2) is 19.2 Å². The molecular formula is C60H52O22S2. The average molecular weight is 1190 g/mol. The Balaban J connectivity index is 0.903. The molecule has 0 bridgehead atoms. The molecule has 4 aromatic rings. The van der Waals surface area contributed by atoms with E-state index in [0.29, 0.717) is 14.0 Å². The molecule has 436 valence electrons. The summed E-state index contributed by atoms with van der Waals surface area (Å²) in [6.45, 7) is 11.2. The highest BCUT2D eigenvalue weighted by Crippen LogP contribution is 2.60. The molecule has 0 N–H and O–H groups in total. The molecule has 22 nitrogen and oxygen atoms in total. The summed E-state index contributed by atoms with van der Waals surface area (Å²) in [6, 6.07) is 17.6. The van der Waals surface area contributed by atoms with Crippen molar-refractivity contribution in [3.8, 4) is 46.0 Å². The number of esters is 8. The first kappa shape index (κ1) is 60.7. The number of thioether (sulfide) groups is 2. The van der Waals surface area contributed by atoms with E-state index in [9.17, 15) is 47.9 Å². The number of hydrogen-bond acceptors (Lipinski definition) is 24. The molecule has 8 rings (SSSR count). The summed E-state index contributed by atoms with van der Waals surface area (Å²) in [7, 11) is 0. The lowest BCUT2D eigenvalue weighted by molar-refractivity contribution is -0.146. The molecule has 1 aliphatic heterocycles. The summed E-state index contributed by atoms with van der Waals surface area (Å²) in [5, 5.41) is 0. The first-order valence-electron chi connectivity index (χ1n) is 25.9. The Labute approximate surface area is 487 Å². The monoisotopic (exact) mass is 1190 g/mol. The number of rotatable bonds is 24. The number of ether oxygens (including phenoxy) is 12. The van der Waals surface area contributed by atoms with Gasteiger partial charge in [0.2, 0.25) is 27.2 Å². The van der Waals surface area contributed by atoms with Gasteiger partial charge in [0.05, 0.1) is 43.3 Å². The third-order valence-electron chi connectivity index (χ3n) is 13.3. The summed E-state index contributed by atoms with van der Waals surface area (Å²) in [4.78, 5) is 129. The first-order valence-corrected chi connectivity index (χ1v) is 27.5. The van der Waals surface area contributed by atoms with Crippen LogP contribution in [0.4, 0.5) is 0 Å². The second-order valence-corrected chi connectivity index (χ2v) is 20.8. The van der Waals surface area contributed by atoms with Crippen molar-refractivity contribution in [1.82, 2.24) is 0 Å². The van der Waals surface area contributed by atoms with Crippen LogP contribution in [0.15, 0.2) is 143 Å². The fourth-order valence-corrected chi connectivity index (χ4v) is 11.6. The smallest absolute Gasteiger partial charge is 0.333 e. The molecule has 0 atom stereocenters. The van der Waals surface area contributed by atoms with Gasteiger partial charge in [0.1, 0.15) is 23.0 Å². The van der Waals surface area contributed by atoms with E-state index in [1.165, 1.54) is 48.5 Å². The van der Waals surface area contributed by atoms with Gasteiger partial charge >= 0.3 is 47.8 Å². The molecule has 0 saturated heterocycles. The number of allylic oxidation sites excluding steroid dienone is 1. The van der Waals surface area contributed by atoms with Gasteiger partial charge in [-0.05, 0) is 87.8 Å². The molecule has 2 fully saturated rings. The van der Waals surface area contributed by atoms with E-state index in [1.54, 1.807) is 24.3 Å². The lowest BCUT2D eigenvalue weighted by Crippen LogP contribution is -2.30. The first-order chi connectivity index (χ1) is 40.6. The van der Waals surface area contributed by atoms with E-state index in [2.05, 4.69) is 26.3 Å². The van der Waals surface area contributed by atoms with E-state index < -0.39 is 110 Å². The van der Waals surface area contributed by atoms with Gasteiger partial charge in [0.25, 0.3) is 0 Å². The highest BCUT2D eigenvalue weighted by Gasteiger charge is 2.41. The van der Waals surface area contributed by atoms with Gasteiger partial charge in [-0.3, -0.25) is 28.8 Å². The van der Waals surface area contributed by atoms with Crippen molar-refractivity contribution in [2.45, 2.75) is 61.2 Å². The highest BCUT2D eigenvalue weighted by atomic mass is 32.2. The summed E-state index contributed by atoms with van der Waals surface area (Å²) >= 11 is 2.07. The Morgan fingerprint density at radius 3 is 1.02 bits per heavy atom. The minimum Gasteiger partial charge on any atom is -0.453 e. The maximum Gasteiger partial charge on any atom is 0.333 e. The topological polar surface area (TPSA) is 281 Å². The molecule has 0 spiro atoms. The molecule has 84 heavy (non-hydrogen) atoms. The van der Waals surface area contributed by atoms with Crippen LogP contribution in [-0.4, -0.2) is 86.5 Å². The van der Waals surface area contributed by atoms with Crippen molar-refractivity contribution in [3.05, 3.63) is 144 Å². The standard InChI is InChI=1S/C60H52O22S2/c1-5-47(61)75-29-71-41-23-21-37(27-45(41)73-31-77-49(63)7-3)79-56(67)33-13-17-35(18-14-33)58(69)81-43-25-26-44(55-54(43)83-60(84-55)51-52(65)39-11-9-10-12-40(39)53(51)66)82-59(70)36-19-15-34(16-20-36)57(68)80-38-22-24-42(72-30-76-48(62)6-2)46(28-38)74-32-78-50(64)8-4/h5-12,21-28,33-36H,1-4,13-20,29-32H2. The lowest BCUT2D eigenvalue weighted by Gasteiger charge is -2.26. The molecular weight excluding hydrogens is 1140 g/mol. The van der Waals surface area contributed by atoms with Crippen molar-refractivity contribution in [3.63, 3.8) is 0 Å². The van der Waals surface area contributed by atoms with E-state index >= 15 is 0 Å². The second-order valence-electron chi connectivity index (χ2n) is 18.5. The van der Waals surface area contributed by atoms with E-state index in [1.807, 2.05) is 0 Å². The maximum absolute atomic E-state index is 13.9. The van der Waals surface area contributed by atoms with Crippen LogP contribution in [0.2, 0.25) is 0 Å². The molecule has 4 aliphatic rings. The molecule has 0 unspecified atom stereocenters. The van der Waals surface area contributed by atoms with Crippen molar-refractivity contribution in [2.75, 3.05) is 27.2 Å². The number of hydrogen-bond donors (Lipinski definition) is 0. The van der Waals surface area contributed by atoms with E-state index in [-0.39, 0.29) is 114 Å². The zero-order valence-corrected chi connectivity index (χ0v) is 46.3. The zero-order valence-electron chi connectivity index (χ0n) is 44.7.